The molecule has 10 aromatic carbocycles. The molecule has 0 aliphatic carbocycles. The minimum atomic E-state index is -6.09. The van der Waals surface area contributed by atoms with Gasteiger partial charge in [0.05, 0.1) is 17.6 Å². The molecule has 0 aliphatic heterocycles. The fourth-order valence-corrected chi connectivity index (χ4v) is 10.6. The standard InChI is InChI=1S/C17H13N.2C17H12N.C13H12N.3C11H8N.C2H6O.CHF3O3S.2CH4O.4Ir/c3*1-2-7-14(8-3-1)15-9-6-10-16(13-15)17-11-4-5-12-18-17;1-11-7-3-4-8-12(11)13-9-5-6-10-14(13)2;3*1-2-6-10(7-3-1)11-8-4-5-9-12-11;1-2-3;2-1(3,4)8(5,6)7;2*1-2;;;;/h1-13H;2*1-9,11-13H;3-10H,1-2H2;3*1-6,8-9H;3H,2H2,1H3;(H,5,6,7);2*2H,1H3;;;;/q;6*-1;;;;;;;;+3/p-1. The maximum Gasteiger partial charge on any atom is 3.00 e. The van der Waals surface area contributed by atoms with Gasteiger partial charge in [-0.1, -0.05) is 200 Å². The van der Waals surface area contributed by atoms with Crippen molar-refractivity contribution in [3.63, 3.8) is 0 Å². The quantitative estimate of drug-likeness (QED) is 0.0507. The van der Waals surface area contributed by atoms with Crippen LogP contribution < -0.4 is 4.57 Å². The molecule has 0 bridgehead atoms. The first-order valence-corrected chi connectivity index (χ1v) is 38.5. The molecule has 0 aliphatic rings. The van der Waals surface area contributed by atoms with Crippen molar-refractivity contribution < 1.29 is 126 Å². The molecule has 3 N–H and O–H groups in total. The number of pyridine rings is 7. The maximum absolute atomic E-state index is 10.7. The minimum Gasteiger partial charge on any atom is -0.741 e. The summed E-state index contributed by atoms with van der Waals surface area (Å²) in [5, 5.41) is 21.6. The maximum atomic E-state index is 10.7. The van der Waals surface area contributed by atoms with Gasteiger partial charge in [-0.25, -0.2) is 8.42 Å². The van der Waals surface area contributed by atoms with Crippen LogP contribution >= 0.6 is 0 Å². The van der Waals surface area contributed by atoms with E-state index in [1.54, 1.807) is 37.9 Å². The Hall–Kier alpha value is -11.8. The van der Waals surface area contributed by atoms with Crippen molar-refractivity contribution in [3.05, 3.63) is 469 Å². The Kier molecular flexibility index (Phi) is 51.9. The zero-order valence-electron chi connectivity index (χ0n) is 67.0. The Morgan fingerprint density at radius 2 is 0.610 bits per heavy atom. The summed E-state index contributed by atoms with van der Waals surface area (Å²) >= 11 is 0. The van der Waals surface area contributed by atoms with Crippen LogP contribution in [-0.2, 0) is 90.5 Å². The van der Waals surface area contributed by atoms with Crippen molar-refractivity contribution in [1.82, 2.24) is 29.9 Å². The number of rotatable bonds is 10. The molecular formula is C102H87F3Ir4N7O6S-4. The Balaban J connectivity index is 0.000000361. The molecule has 17 aromatic rings. The average molecular weight is 2360 g/mol. The monoisotopic (exact) mass is 2370 g/mol. The van der Waals surface area contributed by atoms with Crippen LogP contribution in [0.15, 0.2) is 419 Å². The molecule has 13 nitrogen and oxygen atoms in total. The van der Waals surface area contributed by atoms with Gasteiger partial charge in [-0.05, 0) is 106 Å². The third-order valence-electron chi connectivity index (χ3n) is 16.1. The van der Waals surface area contributed by atoms with Crippen LogP contribution in [0.4, 0.5) is 13.2 Å². The van der Waals surface area contributed by atoms with Gasteiger partial charge < -0.3 is 49.4 Å². The van der Waals surface area contributed by atoms with Gasteiger partial charge in [-0.3, -0.25) is 4.98 Å². The molecule has 21 heteroatoms. The number of hydrogen-bond acceptors (Lipinski definition) is 12. The first-order valence-electron chi connectivity index (χ1n) is 37.1. The van der Waals surface area contributed by atoms with E-state index >= 15 is 0 Å². The van der Waals surface area contributed by atoms with Crippen molar-refractivity contribution in [2.24, 2.45) is 0 Å². The molecule has 0 atom stereocenters. The zero-order chi connectivity index (χ0) is 85.0. The third-order valence-corrected chi connectivity index (χ3v) is 16.7. The van der Waals surface area contributed by atoms with E-state index in [9.17, 15) is 13.2 Å². The summed E-state index contributed by atoms with van der Waals surface area (Å²) in [6.07, 6.45) is 12.7. The molecule has 3 radical (unpaired) electrons. The van der Waals surface area contributed by atoms with Crippen LogP contribution in [0.3, 0.4) is 0 Å². The summed E-state index contributed by atoms with van der Waals surface area (Å²) < 4.78 is 60.8. The first kappa shape index (κ1) is 105. The van der Waals surface area contributed by atoms with Gasteiger partial charge in [-0.15, -0.1) is 196 Å². The van der Waals surface area contributed by atoms with Crippen LogP contribution in [0.25, 0.3) is 112 Å². The van der Waals surface area contributed by atoms with E-state index < -0.39 is 15.6 Å². The molecule has 0 saturated carbocycles. The molecule has 0 fully saturated rings. The summed E-state index contributed by atoms with van der Waals surface area (Å²) in [4.78, 5) is 25.7. The fraction of sp³-hybridized carbons (Fsp3) is 0.0490. The Bertz CT molecular complexity index is 4920. The van der Waals surface area contributed by atoms with Crippen molar-refractivity contribution in [2.75, 3.05) is 20.8 Å². The van der Waals surface area contributed by atoms with Crippen LogP contribution in [-0.4, -0.2) is 84.5 Å². The molecule has 0 amide bonds. The summed E-state index contributed by atoms with van der Waals surface area (Å²) in [6.45, 7) is 5.93. The number of hydrogen-bond donors (Lipinski definition) is 3. The SMILES string of the molecule is CCO.CO.CO.O=S(=O)([O-])C(F)(F)F.[CH2-]c1ccccc1-c1cccc[n+]1[CH2-].[Ir+3].[Ir].[Ir].[Ir].[c-]1ccc(-c2ccccc2)cc1-c1ccccn1.[c-]1ccc(-c2ccccc2)cc1-c1ccccn1.[c-]1ccccc1-c1ccccn1.[c-]1ccccc1-c1ccccn1.[c-]1ccccc1-c1ccccn1.c1ccc(-c2cccc(-c3ccccn3)c2)cc1. The van der Waals surface area contributed by atoms with Crippen LogP contribution in [0, 0.1) is 44.3 Å². The molecule has 17 rings (SSSR count). The molecule has 0 saturated heterocycles. The van der Waals surface area contributed by atoms with Crippen LogP contribution in [0.1, 0.15) is 12.5 Å². The molecule has 0 unspecified atom stereocenters. The van der Waals surface area contributed by atoms with E-state index in [0.29, 0.717) is 0 Å². The number of halogens is 3. The minimum absolute atomic E-state index is 0. The van der Waals surface area contributed by atoms with Gasteiger partial charge in [0.25, 0.3) is 0 Å². The zero-order valence-corrected chi connectivity index (χ0v) is 77.4. The molecular weight excluding hydrogens is 2280 g/mol. The van der Waals surface area contributed by atoms with E-state index in [1.165, 1.54) is 33.4 Å². The second kappa shape index (κ2) is 60.6. The van der Waals surface area contributed by atoms with Crippen LogP contribution in [0.2, 0.25) is 0 Å². The van der Waals surface area contributed by atoms with Gasteiger partial charge in [-0.2, -0.15) is 31.7 Å². The Morgan fingerprint density at radius 1 is 0.341 bits per heavy atom. The van der Waals surface area contributed by atoms with Gasteiger partial charge >= 0.3 is 25.6 Å². The van der Waals surface area contributed by atoms with E-state index in [0.717, 1.165) is 98.6 Å². The van der Waals surface area contributed by atoms with Gasteiger partial charge in [0.15, 0.2) is 10.1 Å². The normalized spacial score (nSPS) is 9.61. The van der Waals surface area contributed by atoms with E-state index in [-0.39, 0.29) is 87.0 Å². The second-order valence-corrected chi connectivity index (χ2v) is 25.6. The summed E-state index contributed by atoms with van der Waals surface area (Å²) in [5.41, 5.74) is 17.0. The first-order chi connectivity index (χ1) is 58.1. The Morgan fingerprint density at radius 3 is 0.911 bits per heavy atom. The smallest absolute Gasteiger partial charge is 0.741 e. The molecule has 7 aromatic heterocycles. The average Bonchev–Trinajstić information content (AvgIpc) is 0.847. The molecule has 0 spiro atoms. The topological polar surface area (TPSA) is 199 Å². The van der Waals surface area contributed by atoms with Crippen molar-refractivity contribution in [3.8, 4) is 112 Å². The molecule has 123 heavy (non-hydrogen) atoms. The van der Waals surface area contributed by atoms with E-state index in [2.05, 4.69) is 177 Å². The van der Waals surface area contributed by atoms with Crippen LogP contribution in [0.5, 0.6) is 0 Å². The van der Waals surface area contributed by atoms with E-state index in [1.807, 2.05) is 290 Å². The van der Waals surface area contributed by atoms with Crippen molar-refractivity contribution in [2.45, 2.75) is 12.4 Å². The van der Waals surface area contributed by atoms with Gasteiger partial charge in [0, 0.05) is 131 Å². The number of aliphatic hydroxyl groups is 3. The second-order valence-electron chi connectivity index (χ2n) is 24.2. The number of alkyl halides is 3. The van der Waals surface area contributed by atoms with Crippen molar-refractivity contribution >= 4 is 10.1 Å². The van der Waals surface area contributed by atoms with Crippen molar-refractivity contribution in [1.29, 1.82) is 0 Å². The number of aliphatic hydroxyl groups excluding tert-OH is 3. The predicted octanol–water partition coefficient (Wildman–Crippen LogP) is 22.2. The fourth-order valence-electron chi connectivity index (χ4n) is 10.6. The predicted molar refractivity (Wildman–Crippen MR) is 471 cm³/mol. The molecule has 7 heterocycles. The van der Waals surface area contributed by atoms with Gasteiger partial charge in [0.1, 0.15) is 0 Å². The number of benzene rings is 10. The molecule has 633 valence electrons. The number of nitrogens with zero attached hydrogens (tertiary/aromatic N) is 7. The Labute approximate surface area is 774 Å². The summed E-state index contributed by atoms with van der Waals surface area (Å²) in [6, 6.07) is 141. The van der Waals surface area contributed by atoms with E-state index in [4.69, 9.17) is 28.3 Å². The summed E-state index contributed by atoms with van der Waals surface area (Å²) in [7, 11) is -0.163. The van der Waals surface area contributed by atoms with Gasteiger partial charge in [0.2, 0.25) is 0 Å². The largest absolute Gasteiger partial charge is 3.00 e. The summed E-state index contributed by atoms with van der Waals surface area (Å²) in [5.74, 6) is 0. The third kappa shape index (κ3) is 37.6. The number of aromatic nitrogens is 7.